The molecule has 1 amide bonds. The minimum atomic E-state index is -4.42. The average Bonchev–Trinajstić information content (AvgIpc) is 2.52. The second-order valence-corrected chi connectivity index (χ2v) is 4.96. The Morgan fingerprint density at radius 3 is 2.17 bits per heavy atom. The number of rotatable bonds is 6. The van der Waals surface area contributed by atoms with Crippen LogP contribution >= 0.6 is 0 Å². The van der Waals surface area contributed by atoms with E-state index < -0.39 is 30.5 Å². The smallest absolute Gasteiger partial charge is 0.422 e. The lowest BCUT2D eigenvalue weighted by atomic mass is 10.1. The van der Waals surface area contributed by atoms with Crippen LogP contribution in [0, 0.1) is 5.82 Å². The SMILES string of the molecule is NC(=O)C(Nc1ccc(OCC(F)(F)F)cc1)c1ccc(F)cc1. The first-order valence-electron chi connectivity index (χ1n) is 6.85. The molecule has 0 aliphatic rings. The number of benzene rings is 2. The number of halogens is 4. The van der Waals surface area contributed by atoms with Crippen molar-refractivity contribution in [3.63, 3.8) is 0 Å². The van der Waals surface area contributed by atoms with Gasteiger partial charge >= 0.3 is 6.18 Å². The minimum Gasteiger partial charge on any atom is -0.484 e. The molecule has 0 bridgehead atoms. The van der Waals surface area contributed by atoms with E-state index in [2.05, 4.69) is 10.1 Å². The van der Waals surface area contributed by atoms with Gasteiger partial charge in [0.25, 0.3) is 0 Å². The van der Waals surface area contributed by atoms with Crippen molar-refractivity contribution in [2.24, 2.45) is 5.73 Å². The fourth-order valence-electron chi connectivity index (χ4n) is 1.95. The van der Waals surface area contributed by atoms with Gasteiger partial charge in [0.1, 0.15) is 17.6 Å². The number of nitrogens with two attached hydrogens (primary N) is 1. The molecule has 128 valence electrons. The molecule has 0 heterocycles. The van der Waals surface area contributed by atoms with Crippen molar-refractivity contribution < 1.29 is 27.1 Å². The minimum absolute atomic E-state index is 0.0373. The lowest BCUT2D eigenvalue weighted by Gasteiger charge is -2.17. The van der Waals surface area contributed by atoms with Gasteiger partial charge in [0.2, 0.25) is 5.91 Å². The van der Waals surface area contributed by atoms with Crippen LogP contribution in [0.2, 0.25) is 0 Å². The number of primary amides is 1. The Bertz CT molecular complexity index is 685. The molecule has 0 spiro atoms. The number of anilines is 1. The molecule has 3 N–H and O–H groups in total. The summed E-state index contributed by atoms with van der Waals surface area (Å²) in [4.78, 5) is 11.6. The van der Waals surface area contributed by atoms with Gasteiger partial charge in [0.15, 0.2) is 6.61 Å². The maximum Gasteiger partial charge on any atom is 0.422 e. The first kappa shape index (κ1) is 17.6. The van der Waals surface area contributed by atoms with E-state index >= 15 is 0 Å². The van der Waals surface area contributed by atoms with Crippen LogP contribution in [0.3, 0.4) is 0 Å². The molecular weight excluding hydrogens is 328 g/mol. The second kappa shape index (κ2) is 7.20. The predicted octanol–water partition coefficient (Wildman–Crippen LogP) is 3.41. The van der Waals surface area contributed by atoms with Crippen LogP contribution in [0.1, 0.15) is 11.6 Å². The zero-order valence-electron chi connectivity index (χ0n) is 12.3. The monoisotopic (exact) mass is 342 g/mol. The van der Waals surface area contributed by atoms with Crippen LogP contribution in [0.25, 0.3) is 0 Å². The van der Waals surface area contributed by atoms with Gasteiger partial charge in [-0.2, -0.15) is 13.2 Å². The highest BCUT2D eigenvalue weighted by Crippen LogP contribution is 2.23. The Morgan fingerprint density at radius 1 is 1.08 bits per heavy atom. The molecule has 2 rings (SSSR count). The topological polar surface area (TPSA) is 64.4 Å². The Balaban J connectivity index is 2.07. The molecule has 0 saturated heterocycles. The van der Waals surface area contributed by atoms with Gasteiger partial charge in [0, 0.05) is 5.69 Å². The number of ether oxygens (including phenoxy) is 1. The van der Waals surface area contributed by atoms with Crippen LogP contribution in [0.5, 0.6) is 5.75 Å². The van der Waals surface area contributed by atoms with Crippen molar-refractivity contribution in [2.75, 3.05) is 11.9 Å². The molecule has 1 atom stereocenters. The number of carbonyl (C=O) groups is 1. The molecule has 0 aliphatic heterocycles. The van der Waals surface area contributed by atoms with Gasteiger partial charge in [0.05, 0.1) is 0 Å². The highest BCUT2D eigenvalue weighted by Gasteiger charge is 2.28. The van der Waals surface area contributed by atoms with E-state index in [4.69, 9.17) is 5.73 Å². The van der Waals surface area contributed by atoms with Crippen LogP contribution < -0.4 is 15.8 Å². The summed E-state index contributed by atoms with van der Waals surface area (Å²) in [6.45, 7) is -1.39. The summed E-state index contributed by atoms with van der Waals surface area (Å²) in [6, 6.07) is 9.87. The number of hydrogen-bond donors (Lipinski definition) is 2. The van der Waals surface area contributed by atoms with E-state index in [-0.39, 0.29) is 5.75 Å². The van der Waals surface area contributed by atoms with Crippen molar-refractivity contribution in [1.82, 2.24) is 0 Å². The molecular formula is C16H14F4N2O2. The predicted molar refractivity (Wildman–Crippen MR) is 80.0 cm³/mol. The van der Waals surface area contributed by atoms with Crippen molar-refractivity contribution >= 4 is 11.6 Å². The van der Waals surface area contributed by atoms with Crippen LogP contribution in [0.4, 0.5) is 23.2 Å². The fourth-order valence-corrected chi connectivity index (χ4v) is 1.95. The summed E-state index contributed by atoms with van der Waals surface area (Å²) in [6.07, 6.45) is -4.42. The van der Waals surface area contributed by atoms with Crippen molar-refractivity contribution in [2.45, 2.75) is 12.2 Å². The first-order valence-corrected chi connectivity index (χ1v) is 6.85. The molecule has 0 radical (unpaired) electrons. The molecule has 2 aromatic rings. The molecule has 0 fully saturated rings. The van der Waals surface area contributed by atoms with E-state index in [1.165, 1.54) is 48.5 Å². The molecule has 4 nitrogen and oxygen atoms in total. The van der Waals surface area contributed by atoms with E-state index in [0.717, 1.165) is 0 Å². The molecule has 0 aromatic heterocycles. The van der Waals surface area contributed by atoms with E-state index in [9.17, 15) is 22.4 Å². The number of nitrogens with one attached hydrogen (secondary N) is 1. The molecule has 8 heteroatoms. The first-order chi connectivity index (χ1) is 11.2. The molecule has 0 saturated carbocycles. The quantitative estimate of drug-likeness (QED) is 0.791. The maximum absolute atomic E-state index is 12.9. The Labute approximate surface area is 135 Å². The zero-order valence-corrected chi connectivity index (χ0v) is 12.3. The highest BCUT2D eigenvalue weighted by molar-refractivity contribution is 5.84. The lowest BCUT2D eigenvalue weighted by Crippen LogP contribution is -2.27. The highest BCUT2D eigenvalue weighted by atomic mass is 19.4. The van der Waals surface area contributed by atoms with E-state index in [0.29, 0.717) is 11.3 Å². The number of hydrogen-bond acceptors (Lipinski definition) is 3. The van der Waals surface area contributed by atoms with E-state index in [1.807, 2.05) is 0 Å². The molecule has 2 aromatic carbocycles. The third-order valence-electron chi connectivity index (χ3n) is 3.06. The van der Waals surface area contributed by atoms with Crippen molar-refractivity contribution in [3.8, 4) is 5.75 Å². The van der Waals surface area contributed by atoms with Crippen molar-refractivity contribution in [1.29, 1.82) is 0 Å². The Hall–Kier alpha value is -2.77. The number of carbonyl (C=O) groups excluding carboxylic acids is 1. The molecule has 24 heavy (non-hydrogen) atoms. The molecule has 0 aliphatic carbocycles. The fraction of sp³-hybridized carbons (Fsp3) is 0.188. The van der Waals surface area contributed by atoms with Gasteiger partial charge in [-0.15, -0.1) is 0 Å². The Kier molecular flexibility index (Phi) is 5.28. The Morgan fingerprint density at radius 2 is 1.67 bits per heavy atom. The largest absolute Gasteiger partial charge is 0.484 e. The normalized spacial score (nSPS) is 12.5. The van der Waals surface area contributed by atoms with E-state index in [1.54, 1.807) is 0 Å². The summed E-state index contributed by atoms with van der Waals surface area (Å²) >= 11 is 0. The summed E-state index contributed by atoms with van der Waals surface area (Å²) < 4.78 is 53.8. The van der Waals surface area contributed by atoms with Crippen LogP contribution in [0.15, 0.2) is 48.5 Å². The van der Waals surface area contributed by atoms with Crippen LogP contribution in [-0.4, -0.2) is 18.7 Å². The zero-order chi connectivity index (χ0) is 17.7. The molecule has 1 unspecified atom stereocenters. The second-order valence-electron chi connectivity index (χ2n) is 4.96. The number of alkyl halides is 3. The summed E-state index contributed by atoms with van der Waals surface area (Å²) in [5, 5.41) is 2.84. The average molecular weight is 342 g/mol. The maximum atomic E-state index is 12.9. The van der Waals surface area contributed by atoms with Gasteiger partial charge in [-0.05, 0) is 42.0 Å². The third kappa shape index (κ3) is 5.15. The summed E-state index contributed by atoms with van der Waals surface area (Å²) in [5.74, 6) is -1.09. The third-order valence-corrected chi connectivity index (χ3v) is 3.06. The lowest BCUT2D eigenvalue weighted by molar-refractivity contribution is -0.153. The number of amides is 1. The van der Waals surface area contributed by atoms with Crippen LogP contribution in [-0.2, 0) is 4.79 Å². The summed E-state index contributed by atoms with van der Waals surface area (Å²) in [5.41, 5.74) is 6.24. The van der Waals surface area contributed by atoms with Gasteiger partial charge in [-0.25, -0.2) is 4.39 Å². The van der Waals surface area contributed by atoms with Gasteiger partial charge in [-0.1, -0.05) is 12.1 Å². The standard InChI is InChI=1S/C16H14F4N2O2/c17-11-3-1-10(2-4-11)14(15(21)23)22-12-5-7-13(8-6-12)24-9-16(18,19)20/h1-8,14,22H,9H2,(H2,21,23). The van der Waals surface area contributed by atoms with Crippen molar-refractivity contribution in [3.05, 3.63) is 59.9 Å². The van der Waals surface area contributed by atoms with Gasteiger partial charge in [-0.3, -0.25) is 4.79 Å². The van der Waals surface area contributed by atoms with Gasteiger partial charge < -0.3 is 15.8 Å². The summed E-state index contributed by atoms with van der Waals surface area (Å²) in [7, 11) is 0.